The van der Waals surface area contributed by atoms with Crippen molar-refractivity contribution < 1.29 is 13.2 Å². The number of anilines is 1. The summed E-state index contributed by atoms with van der Waals surface area (Å²) in [5, 5.41) is 2.87. The van der Waals surface area contributed by atoms with E-state index in [4.69, 9.17) is 0 Å². The van der Waals surface area contributed by atoms with Crippen LogP contribution in [0.1, 0.15) is 47.2 Å². The van der Waals surface area contributed by atoms with E-state index in [9.17, 15) is 13.2 Å². The number of carbonyl (C=O) groups is 1. The van der Waals surface area contributed by atoms with Crippen molar-refractivity contribution >= 4 is 21.6 Å². The summed E-state index contributed by atoms with van der Waals surface area (Å²) >= 11 is 0. The number of hydrogen-bond acceptors (Lipinski definition) is 3. The fourth-order valence-electron chi connectivity index (χ4n) is 3.35. The number of benzene rings is 2. The van der Waals surface area contributed by atoms with Crippen molar-refractivity contribution in [2.24, 2.45) is 0 Å². The lowest BCUT2D eigenvalue weighted by molar-refractivity contribution is 0.102. The molecule has 0 aromatic heterocycles. The van der Waals surface area contributed by atoms with Crippen LogP contribution in [0.25, 0.3) is 0 Å². The molecule has 1 heterocycles. The molecule has 27 heavy (non-hydrogen) atoms. The van der Waals surface area contributed by atoms with Crippen LogP contribution < -0.4 is 5.32 Å². The van der Waals surface area contributed by atoms with Crippen molar-refractivity contribution in [3.8, 4) is 0 Å². The Morgan fingerprint density at radius 1 is 0.926 bits per heavy atom. The number of para-hydroxylation sites is 1. The van der Waals surface area contributed by atoms with Crippen LogP contribution >= 0.6 is 0 Å². The molecule has 0 spiro atoms. The molecule has 0 saturated carbocycles. The second kappa shape index (κ2) is 8.23. The van der Waals surface area contributed by atoms with Gasteiger partial charge in [0.15, 0.2) is 0 Å². The predicted octanol–water partition coefficient (Wildman–Crippen LogP) is 4.12. The van der Waals surface area contributed by atoms with E-state index in [0.717, 1.165) is 36.9 Å². The summed E-state index contributed by atoms with van der Waals surface area (Å²) in [7, 11) is -3.60. The first-order valence-electron chi connectivity index (χ1n) is 9.37. The van der Waals surface area contributed by atoms with Crippen molar-refractivity contribution in [2.75, 3.05) is 18.4 Å². The number of hydrogen-bond donors (Lipinski definition) is 1. The van der Waals surface area contributed by atoms with Crippen LogP contribution in [0.5, 0.6) is 0 Å². The number of aryl methyl sites for hydroxylation is 2. The van der Waals surface area contributed by atoms with E-state index < -0.39 is 10.0 Å². The van der Waals surface area contributed by atoms with Gasteiger partial charge in [0.25, 0.3) is 5.91 Å². The third kappa shape index (κ3) is 4.39. The number of nitrogens with zero attached hydrogens (tertiary/aromatic N) is 1. The number of nitrogens with one attached hydrogen (secondary N) is 1. The molecule has 0 bridgehead atoms. The molecule has 0 unspecified atom stereocenters. The number of sulfonamides is 1. The number of amides is 1. The summed E-state index contributed by atoms with van der Waals surface area (Å²) < 4.78 is 27.8. The van der Waals surface area contributed by atoms with Crippen LogP contribution in [0.4, 0.5) is 5.69 Å². The highest BCUT2D eigenvalue weighted by molar-refractivity contribution is 7.89. The molecule has 1 saturated heterocycles. The van der Waals surface area contributed by atoms with E-state index >= 15 is 0 Å². The van der Waals surface area contributed by atoms with Gasteiger partial charge in [-0.1, -0.05) is 37.1 Å². The summed E-state index contributed by atoms with van der Waals surface area (Å²) in [6, 6.07) is 12.4. The normalized spacial score (nSPS) is 15.9. The molecule has 2 aromatic rings. The van der Waals surface area contributed by atoms with Crippen molar-refractivity contribution in [3.63, 3.8) is 0 Å². The Morgan fingerprint density at radius 2 is 1.59 bits per heavy atom. The van der Waals surface area contributed by atoms with Gasteiger partial charge in [-0.05, 0) is 56.0 Å². The minimum atomic E-state index is -3.60. The van der Waals surface area contributed by atoms with Gasteiger partial charge in [0.2, 0.25) is 10.0 Å². The Balaban J connectivity index is 1.89. The van der Waals surface area contributed by atoms with E-state index in [1.807, 2.05) is 31.2 Å². The van der Waals surface area contributed by atoms with Crippen LogP contribution in [0.15, 0.2) is 47.4 Å². The van der Waals surface area contributed by atoms with Gasteiger partial charge < -0.3 is 5.32 Å². The predicted molar refractivity (Wildman–Crippen MR) is 108 cm³/mol. The highest BCUT2D eigenvalue weighted by Gasteiger charge is 2.27. The molecule has 144 valence electrons. The summed E-state index contributed by atoms with van der Waals surface area (Å²) in [5.74, 6) is -0.309. The van der Waals surface area contributed by atoms with Crippen LogP contribution in [-0.2, 0) is 10.0 Å². The molecule has 0 aliphatic carbocycles. The van der Waals surface area contributed by atoms with E-state index in [1.165, 1.54) is 6.07 Å². The average Bonchev–Trinajstić information content (AvgIpc) is 2.94. The fourth-order valence-corrected chi connectivity index (χ4v) is 5.12. The average molecular weight is 387 g/mol. The first-order chi connectivity index (χ1) is 12.9. The molecule has 3 rings (SSSR count). The van der Waals surface area contributed by atoms with E-state index in [1.54, 1.807) is 23.4 Å². The topological polar surface area (TPSA) is 66.5 Å². The maximum atomic E-state index is 13.1. The van der Waals surface area contributed by atoms with Gasteiger partial charge in [-0.15, -0.1) is 0 Å². The lowest BCUT2D eigenvalue weighted by Gasteiger charge is -2.21. The Morgan fingerprint density at radius 3 is 2.26 bits per heavy atom. The van der Waals surface area contributed by atoms with Gasteiger partial charge >= 0.3 is 0 Å². The van der Waals surface area contributed by atoms with Gasteiger partial charge in [-0.2, -0.15) is 4.31 Å². The second-order valence-corrected chi connectivity index (χ2v) is 8.97. The number of carbonyl (C=O) groups excluding carboxylic acids is 1. The summed E-state index contributed by atoms with van der Waals surface area (Å²) in [5.41, 5.74) is 2.68. The smallest absolute Gasteiger partial charge is 0.255 e. The first-order valence-corrected chi connectivity index (χ1v) is 10.8. The van der Waals surface area contributed by atoms with Gasteiger partial charge in [-0.3, -0.25) is 4.79 Å². The highest BCUT2D eigenvalue weighted by atomic mass is 32.2. The van der Waals surface area contributed by atoms with E-state index in [2.05, 4.69) is 5.32 Å². The van der Waals surface area contributed by atoms with Crippen LogP contribution in [-0.4, -0.2) is 31.7 Å². The zero-order valence-electron chi connectivity index (χ0n) is 15.9. The molecule has 1 amide bonds. The lowest BCUT2D eigenvalue weighted by Crippen LogP contribution is -2.32. The van der Waals surface area contributed by atoms with Crippen molar-refractivity contribution in [1.29, 1.82) is 0 Å². The molecule has 1 aliphatic heterocycles. The van der Waals surface area contributed by atoms with Gasteiger partial charge in [0, 0.05) is 24.3 Å². The highest BCUT2D eigenvalue weighted by Crippen LogP contribution is 2.25. The van der Waals surface area contributed by atoms with Crippen LogP contribution in [0.2, 0.25) is 0 Å². The molecule has 1 fully saturated rings. The quantitative estimate of drug-likeness (QED) is 0.859. The van der Waals surface area contributed by atoms with Crippen molar-refractivity contribution in [2.45, 2.75) is 44.4 Å². The molecular weight excluding hydrogens is 360 g/mol. The SMILES string of the molecule is Cc1ccccc1NC(=O)c1ccc(C)c(S(=O)(=O)N2CCCCCC2)c1. The molecule has 2 aromatic carbocycles. The molecular formula is C21H26N2O3S. The van der Waals surface area contributed by atoms with Gasteiger partial charge in [0.05, 0.1) is 4.90 Å². The van der Waals surface area contributed by atoms with Crippen molar-refractivity contribution in [1.82, 2.24) is 4.31 Å². The molecule has 6 heteroatoms. The van der Waals surface area contributed by atoms with Crippen LogP contribution in [0, 0.1) is 13.8 Å². The summed E-state index contributed by atoms with van der Waals surface area (Å²) in [4.78, 5) is 12.9. The standard InChI is InChI=1S/C21H26N2O3S/c1-16-9-5-6-10-19(16)22-21(24)18-12-11-17(2)20(15-18)27(25,26)23-13-7-3-4-8-14-23/h5-6,9-12,15H,3-4,7-8,13-14H2,1-2H3,(H,22,24). The molecule has 5 nitrogen and oxygen atoms in total. The minimum absolute atomic E-state index is 0.224. The molecule has 0 radical (unpaired) electrons. The Hall–Kier alpha value is -2.18. The van der Waals surface area contributed by atoms with Gasteiger partial charge in [-0.25, -0.2) is 8.42 Å². The van der Waals surface area contributed by atoms with Gasteiger partial charge in [0.1, 0.15) is 0 Å². The minimum Gasteiger partial charge on any atom is -0.322 e. The molecule has 0 atom stereocenters. The van der Waals surface area contributed by atoms with E-state index in [0.29, 0.717) is 24.2 Å². The summed E-state index contributed by atoms with van der Waals surface area (Å²) in [6.07, 6.45) is 3.88. The second-order valence-electron chi connectivity index (χ2n) is 7.07. The maximum Gasteiger partial charge on any atom is 0.255 e. The maximum absolute atomic E-state index is 13.1. The molecule has 1 N–H and O–H groups in total. The Labute approximate surface area is 161 Å². The Kier molecular flexibility index (Phi) is 5.97. The largest absolute Gasteiger partial charge is 0.322 e. The van der Waals surface area contributed by atoms with Crippen LogP contribution in [0.3, 0.4) is 0 Å². The van der Waals surface area contributed by atoms with E-state index in [-0.39, 0.29) is 10.8 Å². The zero-order chi connectivity index (χ0) is 19.4. The third-order valence-electron chi connectivity index (χ3n) is 5.03. The fraction of sp³-hybridized carbons (Fsp3) is 0.381. The zero-order valence-corrected chi connectivity index (χ0v) is 16.7. The number of rotatable bonds is 4. The summed E-state index contributed by atoms with van der Waals surface area (Å²) in [6.45, 7) is 4.77. The third-order valence-corrected chi connectivity index (χ3v) is 7.07. The molecule has 1 aliphatic rings. The van der Waals surface area contributed by atoms with Crippen molar-refractivity contribution in [3.05, 3.63) is 59.2 Å². The monoisotopic (exact) mass is 386 g/mol. The lowest BCUT2D eigenvalue weighted by atomic mass is 10.1. The first kappa shape index (κ1) is 19.6. The Bertz CT molecular complexity index is 930.